The van der Waals surface area contributed by atoms with Gasteiger partial charge in [0.15, 0.2) is 0 Å². The molecule has 0 heterocycles. The fourth-order valence-electron chi connectivity index (χ4n) is 0.265. The number of nitriles is 6. The molecule has 8 nitrogen and oxygen atoms in total. The third-order valence-electron chi connectivity index (χ3n) is 1.19. The van der Waals surface area contributed by atoms with E-state index in [1.165, 1.54) is 0 Å². The van der Waals surface area contributed by atoms with Crippen LogP contribution in [0.5, 0.6) is 0 Å². The summed E-state index contributed by atoms with van der Waals surface area (Å²) in [5.74, 6) is 0. The van der Waals surface area contributed by atoms with Crippen molar-refractivity contribution < 1.29 is 36.5 Å². The zero-order valence-corrected chi connectivity index (χ0v) is 10.0. The molecular formula is C6FeN6O2Ti. The Morgan fingerprint density at radius 2 is 0.750 bits per heavy atom. The van der Waals surface area contributed by atoms with Crippen molar-refractivity contribution in [1.82, 2.24) is 0 Å². The molecule has 0 N–H and O–H groups in total. The van der Waals surface area contributed by atoms with Crippen molar-refractivity contribution in [3.05, 3.63) is 0 Å². The van der Waals surface area contributed by atoms with E-state index in [0.29, 0.717) is 0 Å². The molecule has 0 fully saturated rings. The molecule has 10 heteroatoms. The van der Waals surface area contributed by atoms with Crippen LogP contribution in [0.1, 0.15) is 0 Å². The van der Waals surface area contributed by atoms with Crippen LogP contribution >= 0.6 is 0 Å². The third kappa shape index (κ3) is 1.77. The van der Waals surface area contributed by atoms with Crippen LogP contribution in [-0.4, -0.2) is 0 Å². The zero-order chi connectivity index (χ0) is 13.4. The number of nitrogens with zero attached hydrogens (tertiary/aromatic N) is 6. The average molecular weight is 292 g/mol. The fourth-order valence-corrected chi connectivity index (χ4v) is 1.09. The molecule has 0 amide bonds. The molecule has 0 aromatic heterocycles. The van der Waals surface area contributed by atoms with E-state index in [1.54, 1.807) is 0 Å². The van der Waals surface area contributed by atoms with Crippen LogP contribution in [0.15, 0.2) is 0 Å². The molecule has 0 aromatic carbocycles. The van der Waals surface area contributed by atoms with Gasteiger partial charge < -0.3 is 0 Å². The molecule has 0 rings (SSSR count). The van der Waals surface area contributed by atoms with Gasteiger partial charge in [-0.25, -0.2) is 0 Å². The Morgan fingerprint density at radius 1 is 0.625 bits per heavy atom. The summed E-state index contributed by atoms with van der Waals surface area (Å²) in [4.78, 5) is 6.19. The van der Waals surface area contributed by atoms with E-state index >= 15 is 0 Å². The minimum atomic E-state index is -6.17. The maximum atomic E-state index is 8.58. The van der Waals surface area contributed by atoms with Crippen molar-refractivity contribution in [1.29, 1.82) is 31.6 Å². The van der Waals surface area contributed by atoms with Gasteiger partial charge in [-0.15, -0.1) is 0 Å². The summed E-state index contributed by atoms with van der Waals surface area (Å²) in [6.45, 7) is 0. The summed E-state index contributed by atoms with van der Waals surface area (Å²) in [6, 6.07) is 0. The molecule has 0 spiro atoms. The first-order chi connectivity index (χ1) is 7.39. The summed E-state index contributed by atoms with van der Waals surface area (Å²) in [6.07, 6.45) is 0. The van der Waals surface area contributed by atoms with E-state index in [9.17, 15) is 0 Å². The van der Waals surface area contributed by atoms with Crippen molar-refractivity contribution in [2.45, 2.75) is 0 Å². The SMILES string of the molecule is N#[C][Fe]([C]#N)([C]#N)([C]#N)([C]#N)[C]#N.[O]=[Ti]=[O]. The second-order valence-electron chi connectivity index (χ2n) is 1.88. The van der Waals surface area contributed by atoms with E-state index in [-0.39, 0.29) is 0 Å². The van der Waals surface area contributed by atoms with Crippen molar-refractivity contribution in [3.8, 4) is 29.8 Å². The van der Waals surface area contributed by atoms with Crippen molar-refractivity contribution in [3.63, 3.8) is 0 Å². The Morgan fingerprint density at radius 3 is 0.750 bits per heavy atom. The van der Waals surface area contributed by atoms with Crippen LogP contribution in [0.25, 0.3) is 0 Å². The monoisotopic (exact) mass is 292 g/mol. The quantitative estimate of drug-likeness (QED) is 0.553. The molecule has 16 heavy (non-hydrogen) atoms. The molecule has 0 bridgehead atoms. The molecule has 0 aliphatic rings. The van der Waals surface area contributed by atoms with E-state index < -0.39 is 29.8 Å². The molecule has 0 saturated heterocycles. The zero-order valence-electron chi connectivity index (χ0n) is 7.35. The molecule has 78 valence electrons. The summed E-state index contributed by atoms with van der Waals surface area (Å²) >= 11 is -2.00. The van der Waals surface area contributed by atoms with Gasteiger partial charge in [0, 0.05) is 0 Å². The summed E-state index contributed by atoms with van der Waals surface area (Å²) in [5, 5.41) is 51.5. The first-order valence-corrected chi connectivity index (χ1v) is 7.40. The van der Waals surface area contributed by atoms with Crippen LogP contribution < -0.4 is 0 Å². The minimum absolute atomic E-state index is 1.03. The first-order valence-electron chi connectivity index (χ1n) is 2.81. The standard InChI is InChI=1S/6CN.Fe.2O.Ti/c6*1-2;;;;. The second kappa shape index (κ2) is 4.53. The van der Waals surface area contributed by atoms with Gasteiger partial charge in [-0.3, -0.25) is 0 Å². The van der Waals surface area contributed by atoms with Gasteiger partial charge in [0.25, 0.3) is 0 Å². The molecule has 0 aromatic rings. The number of hydrogen-bond donors (Lipinski definition) is 0. The van der Waals surface area contributed by atoms with Gasteiger partial charge >= 0.3 is 97.9 Å². The Labute approximate surface area is 97.6 Å². The van der Waals surface area contributed by atoms with Gasteiger partial charge in [-0.05, 0) is 0 Å². The normalized spacial score (nSPS) is 11.4. The third-order valence-corrected chi connectivity index (χ3v) is 4.89. The van der Waals surface area contributed by atoms with Crippen LogP contribution in [0.2, 0.25) is 0 Å². The van der Waals surface area contributed by atoms with Gasteiger partial charge in [0.1, 0.15) is 0 Å². The van der Waals surface area contributed by atoms with Crippen molar-refractivity contribution in [2.24, 2.45) is 0 Å². The first kappa shape index (κ1) is 16.2. The van der Waals surface area contributed by atoms with Gasteiger partial charge in [0.05, 0.1) is 0 Å². The Balaban J connectivity index is 0. The number of rotatable bonds is 0. The molecule has 0 aliphatic carbocycles. The molecule has 0 atom stereocenters. The maximum absolute atomic E-state index is 8.58. The van der Waals surface area contributed by atoms with E-state index in [1.807, 2.05) is 0 Å². The number of hydrogen-bond acceptors (Lipinski definition) is 8. The molecule has 0 unspecified atom stereocenters. The summed E-state index contributed by atoms with van der Waals surface area (Å²) in [7, 11) is -6.17. The van der Waals surface area contributed by atoms with Crippen LogP contribution in [0.3, 0.4) is 0 Å². The fraction of sp³-hybridized carbons (Fsp3) is 0. The topological polar surface area (TPSA) is 177 Å². The van der Waals surface area contributed by atoms with Crippen LogP contribution in [0, 0.1) is 61.4 Å². The predicted octanol–water partition coefficient (Wildman–Crippen LogP) is -0.142. The predicted molar refractivity (Wildman–Crippen MR) is 35.1 cm³/mol. The molecule has 0 aliphatic heterocycles. The summed E-state index contributed by atoms with van der Waals surface area (Å²) in [5.41, 5.74) is 0. The van der Waals surface area contributed by atoms with E-state index in [0.717, 1.165) is 29.8 Å². The van der Waals surface area contributed by atoms with Gasteiger partial charge in [-0.2, -0.15) is 0 Å². The van der Waals surface area contributed by atoms with Crippen LogP contribution in [0.4, 0.5) is 0 Å². The molecule has 0 saturated carbocycles. The van der Waals surface area contributed by atoms with Gasteiger partial charge in [0.2, 0.25) is 0 Å². The van der Waals surface area contributed by atoms with E-state index in [2.05, 4.69) is 0 Å². The Kier molecular flexibility index (Phi) is 4.59. The molecule has 0 radical (unpaired) electrons. The van der Waals surface area contributed by atoms with Crippen LogP contribution in [-0.2, 0) is 36.5 Å². The Bertz CT molecular complexity index is 477. The average Bonchev–Trinajstić information content (AvgIpc) is 2.37. The van der Waals surface area contributed by atoms with Crippen molar-refractivity contribution >= 4 is 0 Å². The summed E-state index contributed by atoms with van der Waals surface area (Å²) < 4.78 is 17.0. The van der Waals surface area contributed by atoms with Gasteiger partial charge in [-0.1, -0.05) is 0 Å². The van der Waals surface area contributed by atoms with Crippen molar-refractivity contribution in [2.75, 3.05) is 0 Å². The molecular weight excluding hydrogens is 292 g/mol. The Hall–Kier alpha value is -2.23. The second-order valence-corrected chi connectivity index (χ2v) is 7.77. The van der Waals surface area contributed by atoms with E-state index in [4.69, 9.17) is 38.2 Å².